The van der Waals surface area contributed by atoms with Crippen molar-refractivity contribution >= 4 is 15.7 Å². The number of benzene rings is 2. The van der Waals surface area contributed by atoms with Gasteiger partial charge in [-0.15, -0.1) is 6.42 Å². The van der Waals surface area contributed by atoms with Crippen molar-refractivity contribution in [3.63, 3.8) is 0 Å². The molecule has 0 amide bonds. The van der Waals surface area contributed by atoms with Crippen LogP contribution in [0.5, 0.6) is 0 Å². The molecule has 5 heteroatoms. The van der Waals surface area contributed by atoms with Crippen molar-refractivity contribution in [3.8, 4) is 24.3 Å². The van der Waals surface area contributed by atoms with Gasteiger partial charge in [-0.2, -0.15) is 4.31 Å². The predicted molar refractivity (Wildman–Crippen MR) is 106 cm³/mol. The van der Waals surface area contributed by atoms with Crippen molar-refractivity contribution in [2.24, 2.45) is 0 Å². The van der Waals surface area contributed by atoms with E-state index < -0.39 is 10.0 Å². The molecule has 0 N–H and O–H groups in total. The van der Waals surface area contributed by atoms with Gasteiger partial charge in [-0.3, -0.25) is 4.98 Å². The van der Waals surface area contributed by atoms with Crippen LogP contribution in [0.2, 0.25) is 0 Å². The molecule has 2 aromatic carbocycles. The summed E-state index contributed by atoms with van der Waals surface area (Å²) in [5.41, 5.74) is 2.33. The van der Waals surface area contributed by atoms with Gasteiger partial charge in [0, 0.05) is 29.6 Å². The highest BCUT2D eigenvalue weighted by molar-refractivity contribution is 7.93. The first-order valence-corrected chi connectivity index (χ1v) is 9.56. The van der Waals surface area contributed by atoms with Gasteiger partial charge in [-0.05, 0) is 49.2 Å². The van der Waals surface area contributed by atoms with Gasteiger partial charge >= 0.3 is 0 Å². The maximum atomic E-state index is 13.3. The highest BCUT2D eigenvalue weighted by Crippen LogP contribution is 2.26. The summed E-state index contributed by atoms with van der Waals surface area (Å²) in [5, 5.41) is 0. The Kier molecular flexibility index (Phi) is 5.26. The topological polar surface area (TPSA) is 50.3 Å². The van der Waals surface area contributed by atoms with Crippen LogP contribution in [-0.2, 0) is 10.0 Å². The first-order valence-electron chi connectivity index (χ1n) is 8.12. The zero-order valence-electron chi connectivity index (χ0n) is 14.6. The van der Waals surface area contributed by atoms with E-state index >= 15 is 0 Å². The van der Waals surface area contributed by atoms with Crippen LogP contribution in [-0.4, -0.2) is 13.4 Å². The quantitative estimate of drug-likeness (QED) is 0.522. The minimum absolute atomic E-state index is 0.139. The fourth-order valence-corrected chi connectivity index (χ4v) is 3.67. The third-order valence-corrected chi connectivity index (χ3v) is 5.44. The third-order valence-electron chi connectivity index (χ3n) is 3.80. The maximum absolute atomic E-state index is 13.3. The van der Waals surface area contributed by atoms with E-state index in [0.717, 1.165) is 9.87 Å². The van der Waals surface area contributed by atoms with E-state index in [2.05, 4.69) is 22.9 Å². The van der Waals surface area contributed by atoms with Crippen molar-refractivity contribution in [1.29, 1.82) is 0 Å². The summed E-state index contributed by atoms with van der Waals surface area (Å²) < 4.78 is 27.6. The fourth-order valence-electron chi connectivity index (χ4n) is 2.39. The normalized spacial score (nSPS) is 10.4. The molecule has 0 fully saturated rings. The van der Waals surface area contributed by atoms with E-state index in [9.17, 15) is 8.42 Å². The Balaban J connectivity index is 2.17. The van der Waals surface area contributed by atoms with Crippen molar-refractivity contribution in [2.75, 3.05) is 4.31 Å². The number of aryl methyl sites for hydroxylation is 1. The molecule has 0 spiro atoms. The second-order valence-corrected chi connectivity index (χ2v) is 7.51. The average molecular weight is 372 g/mol. The molecule has 0 unspecified atom stereocenters. The van der Waals surface area contributed by atoms with Crippen molar-refractivity contribution in [3.05, 3.63) is 89.7 Å². The highest BCUT2D eigenvalue weighted by atomic mass is 32.2. The Hall–Kier alpha value is -3.54. The molecule has 0 saturated carbocycles. The van der Waals surface area contributed by atoms with E-state index in [-0.39, 0.29) is 4.90 Å². The summed E-state index contributed by atoms with van der Waals surface area (Å²) in [4.78, 5) is 4.14. The van der Waals surface area contributed by atoms with E-state index in [1.165, 1.54) is 0 Å². The SMILES string of the molecule is C#Cc1ccccc1N(C#Cc1cccnc1)S(=O)(=O)c1ccc(C)cc1. The summed E-state index contributed by atoms with van der Waals surface area (Å²) in [6.45, 7) is 1.89. The fraction of sp³-hybridized carbons (Fsp3) is 0.0455. The van der Waals surface area contributed by atoms with Gasteiger partial charge in [-0.1, -0.05) is 35.7 Å². The molecule has 0 aliphatic heterocycles. The molecule has 0 saturated heterocycles. The average Bonchev–Trinajstić information content (AvgIpc) is 2.69. The second kappa shape index (κ2) is 7.78. The summed E-state index contributed by atoms with van der Waals surface area (Å²) in [7, 11) is -3.93. The molecule has 1 heterocycles. The van der Waals surface area contributed by atoms with Crippen LogP contribution < -0.4 is 4.31 Å². The number of aromatic nitrogens is 1. The van der Waals surface area contributed by atoms with Crippen molar-refractivity contribution in [1.82, 2.24) is 4.98 Å². The van der Waals surface area contributed by atoms with Crippen LogP contribution in [0.15, 0.2) is 78.0 Å². The molecular weight excluding hydrogens is 356 g/mol. The molecule has 0 atom stereocenters. The van der Waals surface area contributed by atoms with Crippen molar-refractivity contribution < 1.29 is 8.42 Å². The number of terminal acetylenes is 1. The Bertz CT molecular complexity index is 1150. The van der Waals surface area contributed by atoms with Gasteiger partial charge in [0.1, 0.15) is 0 Å². The van der Waals surface area contributed by atoms with E-state index in [1.54, 1.807) is 73.1 Å². The van der Waals surface area contributed by atoms with Gasteiger partial charge in [0.2, 0.25) is 0 Å². The molecule has 0 aliphatic carbocycles. The number of sulfonamides is 1. The molecular formula is C22H16N2O2S. The van der Waals surface area contributed by atoms with Crippen LogP contribution in [0, 0.1) is 31.2 Å². The van der Waals surface area contributed by atoms with Crippen LogP contribution in [0.3, 0.4) is 0 Å². The molecule has 3 rings (SSSR count). The van der Waals surface area contributed by atoms with Gasteiger partial charge in [0.05, 0.1) is 10.6 Å². The van der Waals surface area contributed by atoms with Crippen molar-refractivity contribution in [2.45, 2.75) is 11.8 Å². The van der Waals surface area contributed by atoms with E-state index in [1.807, 2.05) is 6.92 Å². The Labute approximate surface area is 159 Å². The Morgan fingerprint density at radius 1 is 1.00 bits per heavy atom. The monoisotopic (exact) mass is 372 g/mol. The number of para-hydroxylation sites is 1. The van der Waals surface area contributed by atoms with Gasteiger partial charge in [0.25, 0.3) is 10.0 Å². The molecule has 3 aromatic rings. The number of hydrogen-bond acceptors (Lipinski definition) is 3. The lowest BCUT2D eigenvalue weighted by atomic mass is 10.2. The minimum atomic E-state index is -3.93. The molecule has 132 valence electrons. The lowest BCUT2D eigenvalue weighted by molar-refractivity contribution is 0.596. The number of rotatable bonds is 3. The largest absolute Gasteiger partial charge is 0.275 e. The predicted octanol–water partition coefficient (Wildman–Crippen LogP) is 3.58. The molecule has 0 radical (unpaired) electrons. The van der Waals surface area contributed by atoms with E-state index in [4.69, 9.17) is 6.42 Å². The summed E-state index contributed by atoms with van der Waals surface area (Å²) in [6.07, 6.45) is 8.76. The van der Waals surface area contributed by atoms with E-state index in [0.29, 0.717) is 16.8 Å². The standard InChI is InChI=1S/C22H16N2O2S/c1-3-20-8-4-5-9-22(20)24(16-14-19-7-6-15-23-17-19)27(25,26)21-12-10-18(2)11-13-21/h1,4-13,15,17H,2H3. The van der Waals surface area contributed by atoms with Crippen LogP contribution in [0.1, 0.15) is 16.7 Å². The summed E-state index contributed by atoms with van der Waals surface area (Å²) in [6, 6.07) is 19.6. The van der Waals surface area contributed by atoms with Gasteiger partial charge in [-0.25, -0.2) is 8.42 Å². The lowest BCUT2D eigenvalue weighted by Crippen LogP contribution is -2.27. The minimum Gasteiger partial charge on any atom is -0.263 e. The molecule has 0 bridgehead atoms. The number of nitrogens with zero attached hydrogens (tertiary/aromatic N) is 2. The summed E-state index contributed by atoms with van der Waals surface area (Å²) in [5.74, 6) is 5.37. The molecule has 1 aromatic heterocycles. The Morgan fingerprint density at radius 2 is 1.74 bits per heavy atom. The molecule has 4 nitrogen and oxygen atoms in total. The smallest absolute Gasteiger partial charge is 0.263 e. The number of hydrogen-bond donors (Lipinski definition) is 0. The first-order chi connectivity index (χ1) is 13.0. The molecule has 27 heavy (non-hydrogen) atoms. The first kappa shape index (κ1) is 18.3. The molecule has 0 aliphatic rings. The van der Waals surface area contributed by atoms with Crippen LogP contribution >= 0.6 is 0 Å². The Morgan fingerprint density at radius 3 is 2.41 bits per heavy atom. The maximum Gasteiger partial charge on any atom is 0.275 e. The lowest BCUT2D eigenvalue weighted by Gasteiger charge is -2.19. The zero-order chi connectivity index (χ0) is 19.3. The van der Waals surface area contributed by atoms with Crippen LogP contribution in [0.25, 0.3) is 0 Å². The second-order valence-electron chi connectivity index (χ2n) is 5.72. The number of pyridine rings is 1. The summed E-state index contributed by atoms with van der Waals surface area (Å²) >= 11 is 0. The van der Waals surface area contributed by atoms with Crippen LogP contribution in [0.4, 0.5) is 5.69 Å². The van der Waals surface area contributed by atoms with Gasteiger partial charge < -0.3 is 0 Å². The zero-order valence-corrected chi connectivity index (χ0v) is 15.4. The third kappa shape index (κ3) is 4.00. The number of anilines is 1. The van der Waals surface area contributed by atoms with Gasteiger partial charge in [0.15, 0.2) is 0 Å². The highest BCUT2D eigenvalue weighted by Gasteiger charge is 2.25.